The van der Waals surface area contributed by atoms with Gasteiger partial charge in [-0.2, -0.15) is 0 Å². The third kappa shape index (κ3) is 10.2. The van der Waals surface area contributed by atoms with Gasteiger partial charge in [0.15, 0.2) is 5.96 Å². The average molecular weight is 441 g/mol. The highest BCUT2D eigenvalue weighted by Gasteiger charge is 1.98. The molecular weight excluding hydrogens is 416 g/mol. The van der Waals surface area contributed by atoms with Crippen molar-refractivity contribution in [2.45, 2.75) is 18.7 Å². The SMILES string of the molecule is CCNC(=NCCOCC)NCCSc1ccc(F)cc1.I. The molecule has 7 heteroatoms. The average Bonchev–Trinajstić information content (AvgIpc) is 2.49. The Morgan fingerprint density at radius 2 is 1.95 bits per heavy atom. The minimum Gasteiger partial charge on any atom is -0.380 e. The maximum absolute atomic E-state index is 12.8. The molecule has 0 aliphatic rings. The molecule has 0 radical (unpaired) electrons. The number of nitrogens with one attached hydrogen (secondary N) is 2. The molecule has 0 spiro atoms. The van der Waals surface area contributed by atoms with Crippen LogP contribution in [-0.2, 0) is 4.74 Å². The standard InChI is InChI=1S/C15H24FN3OS.HI/c1-3-17-15(18-9-11-20-4-2)19-10-12-21-14-7-5-13(16)6-8-14;/h5-8H,3-4,9-12H2,1-2H3,(H2,17,18,19);1H. The Kier molecular flexibility index (Phi) is 13.7. The van der Waals surface area contributed by atoms with Gasteiger partial charge in [0, 0.05) is 30.3 Å². The van der Waals surface area contributed by atoms with E-state index in [0.29, 0.717) is 19.8 Å². The monoisotopic (exact) mass is 441 g/mol. The number of nitrogens with zero attached hydrogens (tertiary/aromatic N) is 1. The van der Waals surface area contributed by atoms with Crippen LogP contribution in [0.15, 0.2) is 34.2 Å². The summed E-state index contributed by atoms with van der Waals surface area (Å²) in [5.74, 6) is 1.49. The van der Waals surface area contributed by atoms with Gasteiger partial charge in [0.25, 0.3) is 0 Å². The zero-order chi connectivity index (χ0) is 15.3. The molecule has 0 unspecified atom stereocenters. The second-order valence-corrected chi connectivity index (χ2v) is 5.36. The van der Waals surface area contributed by atoms with E-state index in [4.69, 9.17) is 4.74 Å². The summed E-state index contributed by atoms with van der Waals surface area (Å²) < 4.78 is 18.0. The molecule has 1 rings (SSSR count). The normalized spacial score (nSPS) is 11.0. The topological polar surface area (TPSA) is 45.7 Å². The fraction of sp³-hybridized carbons (Fsp3) is 0.533. The number of rotatable bonds is 9. The lowest BCUT2D eigenvalue weighted by Crippen LogP contribution is -2.38. The van der Waals surface area contributed by atoms with Crippen LogP contribution in [0.4, 0.5) is 4.39 Å². The fourth-order valence-corrected chi connectivity index (χ4v) is 2.35. The van der Waals surface area contributed by atoms with E-state index in [1.54, 1.807) is 23.9 Å². The van der Waals surface area contributed by atoms with E-state index >= 15 is 0 Å². The third-order valence-corrected chi connectivity index (χ3v) is 3.54. The van der Waals surface area contributed by atoms with Crippen molar-refractivity contribution in [3.05, 3.63) is 30.1 Å². The van der Waals surface area contributed by atoms with Gasteiger partial charge in [0.2, 0.25) is 0 Å². The molecule has 4 nitrogen and oxygen atoms in total. The molecule has 1 aromatic carbocycles. The number of ether oxygens (including phenoxy) is 1. The van der Waals surface area contributed by atoms with Crippen LogP contribution >= 0.6 is 35.7 Å². The molecule has 0 fully saturated rings. The molecule has 0 aliphatic heterocycles. The molecule has 0 saturated carbocycles. The first-order chi connectivity index (χ1) is 10.3. The predicted octanol–water partition coefficient (Wildman–Crippen LogP) is 3.13. The summed E-state index contributed by atoms with van der Waals surface area (Å²) in [6, 6.07) is 6.55. The molecule has 0 atom stereocenters. The van der Waals surface area contributed by atoms with E-state index in [2.05, 4.69) is 15.6 Å². The molecule has 0 saturated heterocycles. The van der Waals surface area contributed by atoms with Crippen molar-refractivity contribution in [1.82, 2.24) is 10.6 Å². The summed E-state index contributed by atoms with van der Waals surface area (Å²) in [5.41, 5.74) is 0. The molecule has 0 aliphatic carbocycles. The van der Waals surface area contributed by atoms with Crippen molar-refractivity contribution < 1.29 is 9.13 Å². The van der Waals surface area contributed by atoms with Crippen LogP contribution in [0.25, 0.3) is 0 Å². The zero-order valence-electron chi connectivity index (χ0n) is 13.1. The zero-order valence-corrected chi connectivity index (χ0v) is 16.2. The third-order valence-electron chi connectivity index (χ3n) is 2.53. The quantitative estimate of drug-likeness (QED) is 0.203. The lowest BCUT2D eigenvalue weighted by Gasteiger charge is -2.11. The second-order valence-electron chi connectivity index (χ2n) is 4.19. The molecule has 22 heavy (non-hydrogen) atoms. The molecular formula is C15H25FIN3OS. The number of aliphatic imine (C=N–C) groups is 1. The van der Waals surface area contributed by atoms with Crippen LogP contribution in [0.2, 0.25) is 0 Å². The highest BCUT2D eigenvalue weighted by Crippen LogP contribution is 2.17. The van der Waals surface area contributed by atoms with Gasteiger partial charge >= 0.3 is 0 Å². The Balaban J connectivity index is 0.00000441. The molecule has 0 bridgehead atoms. The van der Waals surface area contributed by atoms with Gasteiger partial charge in [-0.3, -0.25) is 4.99 Å². The van der Waals surface area contributed by atoms with Crippen LogP contribution in [0.1, 0.15) is 13.8 Å². The Labute approximate surface area is 153 Å². The van der Waals surface area contributed by atoms with E-state index < -0.39 is 0 Å². The Morgan fingerprint density at radius 3 is 2.59 bits per heavy atom. The smallest absolute Gasteiger partial charge is 0.191 e. The lowest BCUT2D eigenvalue weighted by molar-refractivity contribution is 0.155. The maximum atomic E-state index is 12.8. The first-order valence-electron chi connectivity index (χ1n) is 7.24. The molecule has 126 valence electrons. The van der Waals surface area contributed by atoms with Crippen molar-refractivity contribution in [3.63, 3.8) is 0 Å². The summed E-state index contributed by atoms with van der Waals surface area (Å²) in [6.07, 6.45) is 0. The minimum absolute atomic E-state index is 0. The summed E-state index contributed by atoms with van der Waals surface area (Å²) in [7, 11) is 0. The van der Waals surface area contributed by atoms with Crippen molar-refractivity contribution in [3.8, 4) is 0 Å². The second kappa shape index (κ2) is 14.1. The van der Waals surface area contributed by atoms with Crippen LogP contribution in [0.3, 0.4) is 0 Å². The number of thioether (sulfide) groups is 1. The van der Waals surface area contributed by atoms with Gasteiger partial charge in [-0.25, -0.2) is 4.39 Å². The molecule has 2 N–H and O–H groups in total. The number of hydrogen-bond donors (Lipinski definition) is 2. The maximum Gasteiger partial charge on any atom is 0.191 e. The number of halogens is 2. The summed E-state index contributed by atoms with van der Waals surface area (Å²) in [5, 5.41) is 6.46. The Bertz CT molecular complexity index is 418. The van der Waals surface area contributed by atoms with Gasteiger partial charge in [-0.05, 0) is 38.1 Å². The van der Waals surface area contributed by atoms with Crippen molar-refractivity contribution in [2.24, 2.45) is 4.99 Å². The van der Waals surface area contributed by atoms with Crippen LogP contribution in [-0.4, -0.2) is 44.6 Å². The summed E-state index contributed by atoms with van der Waals surface area (Å²) in [4.78, 5) is 5.48. The molecule has 0 heterocycles. The molecule has 0 amide bonds. The Morgan fingerprint density at radius 1 is 1.23 bits per heavy atom. The number of guanidine groups is 1. The van der Waals surface area contributed by atoms with E-state index in [1.807, 2.05) is 13.8 Å². The first kappa shape index (κ1) is 21.5. The van der Waals surface area contributed by atoms with E-state index in [9.17, 15) is 4.39 Å². The van der Waals surface area contributed by atoms with E-state index in [0.717, 1.165) is 29.7 Å². The summed E-state index contributed by atoms with van der Waals surface area (Å²) >= 11 is 1.68. The minimum atomic E-state index is -0.201. The highest BCUT2D eigenvalue weighted by molar-refractivity contribution is 14.0. The van der Waals surface area contributed by atoms with Crippen LogP contribution in [0, 0.1) is 5.82 Å². The first-order valence-corrected chi connectivity index (χ1v) is 8.23. The van der Waals surface area contributed by atoms with Crippen molar-refractivity contribution >= 4 is 41.7 Å². The molecule has 0 aromatic heterocycles. The van der Waals surface area contributed by atoms with Gasteiger partial charge in [0.1, 0.15) is 5.82 Å². The van der Waals surface area contributed by atoms with Crippen LogP contribution in [0.5, 0.6) is 0 Å². The fourth-order valence-electron chi connectivity index (χ4n) is 1.58. The number of benzene rings is 1. The highest BCUT2D eigenvalue weighted by atomic mass is 127. The largest absolute Gasteiger partial charge is 0.380 e. The van der Waals surface area contributed by atoms with Crippen LogP contribution < -0.4 is 10.6 Å². The Hall–Kier alpha value is -0.540. The predicted molar refractivity (Wildman–Crippen MR) is 103 cm³/mol. The van der Waals surface area contributed by atoms with Crippen molar-refractivity contribution in [2.75, 3.05) is 38.6 Å². The van der Waals surface area contributed by atoms with Crippen molar-refractivity contribution in [1.29, 1.82) is 0 Å². The van der Waals surface area contributed by atoms with Gasteiger partial charge in [-0.15, -0.1) is 35.7 Å². The van der Waals surface area contributed by atoms with Gasteiger partial charge in [-0.1, -0.05) is 0 Å². The van der Waals surface area contributed by atoms with Gasteiger partial charge in [0.05, 0.1) is 13.2 Å². The lowest BCUT2D eigenvalue weighted by atomic mass is 10.4. The van der Waals surface area contributed by atoms with E-state index in [1.165, 1.54) is 12.1 Å². The summed E-state index contributed by atoms with van der Waals surface area (Å²) in [6.45, 7) is 7.63. The molecule has 1 aromatic rings. The van der Waals surface area contributed by atoms with E-state index in [-0.39, 0.29) is 29.8 Å². The van der Waals surface area contributed by atoms with Gasteiger partial charge < -0.3 is 15.4 Å². The number of hydrogen-bond acceptors (Lipinski definition) is 3.